The minimum absolute atomic E-state index is 0.0407. The zero-order valence-corrected chi connectivity index (χ0v) is 17.4. The van der Waals surface area contributed by atoms with Crippen molar-refractivity contribution in [1.82, 2.24) is 19.4 Å². The normalized spacial score (nSPS) is 15.8. The third kappa shape index (κ3) is 4.20. The molecule has 3 aromatic rings. The van der Waals surface area contributed by atoms with Crippen molar-refractivity contribution in [3.05, 3.63) is 58.8 Å². The van der Waals surface area contributed by atoms with Crippen LogP contribution >= 0.6 is 11.6 Å². The summed E-state index contributed by atoms with van der Waals surface area (Å²) in [6.07, 6.45) is 5.61. The van der Waals surface area contributed by atoms with Gasteiger partial charge in [-0.1, -0.05) is 11.6 Å². The first-order valence-corrected chi connectivity index (χ1v) is 10.4. The van der Waals surface area contributed by atoms with Crippen molar-refractivity contribution >= 4 is 28.3 Å². The number of aromatic nitrogens is 3. The second-order valence-corrected chi connectivity index (χ2v) is 8.22. The Bertz CT molecular complexity index is 1020. The smallest absolute Gasteiger partial charge is 0.147 e. The number of ketones is 1. The molecule has 6 nitrogen and oxygen atoms in total. The summed E-state index contributed by atoms with van der Waals surface area (Å²) in [4.78, 5) is 23.0. The Balaban J connectivity index is 1.80. The number of nitrogens with two attached hydrogens (primary N) is 1. The SMILES string of the molecule is CN1CCc2c(n(CC(CC(=O)CN)c3ccncn3)c3ccc(Cl)cc23)CC1. The van der Waals surface area contributed by atoms with Crippen molar-refractivity contribution in [2.24, 2.45) is 5.73 Å². The highest BCUT2D eigenvalue weighted by molar-refractivity contribution is 6.31. The number of likely N-dealkylation sites (N-methyl/N-ethyl adjacent to an activating group) is 1. The van der Waals surface area contributed by atoms with Gasteiger partial charge in [0.25, 0.3) is 0 Å². The van der Waals surface area contributed by atoms with Crippen LogP contribution in [0.1, 0.15) is 29.3 Å². The molecule has 1 aliphatic rings. The summed E-state index contributed by atoms with van der Waals surface area (Å²) in [7, 11) is 2.16. The Morgan fingerprint density at radius 2 is 2.10 bits per heavy atom. The Labute approximate surface area is 175 Å². The van der Waals surface area contributed by atoms with Gasteiger partial charge < -0.3 is 15.2 Å². The number of carbonyl (C=O) groups excluding carboxylic acids is 1. The van der Waals surface area contributed by atoms with Crippen LogP contribution in [-0.2, 0) is 24.2 Å². The minimum Gasteiger partial charge on any atom is -0.344 e. The van der Waals surface area contributed by atoms with E-state index in [9.17, 15) is 4.79 Å². The zero-order chi connectivity index (χ0) is 20.4. The summed E-state index contributed by atoms with van der Waals surface area (Å²) in [6, 6.07) is 8.00. The molecule has 152 valence electrons. The quantitative estimate of drug-likeness (QED) is 0.674. The predicted molar refractivity (Wildman–Crippen MR) is 115 cm³/mol. The number of carbonyl (C=O) groups is 1. The van der Waals surface area contributed by atoms with E-state index in [4.69, 9.17) is 17.3 Å². The zero-order valence-electron chi connectivity index (χ0n) is 16.6. The van der Waals surface area contributed by atoms with Gasteiger partial charge in [-0.3, -0.25) is 4.79 Å². The summed E-state index contributed by atoms with van der Waals surface area (Å²) in [5.74, 6) is -0.00986. The highest BCUT2D eigenvalue weighted by Gasteiger charge is 2.24. The van der Waals surface area contributed by atoms with Gasteiger partial charge in [-0.25, -0.2) is 9.97 Å². The molecule has 0 aliphatic carbocycles. The van der Waals surface area contributed by atoms with Gasteiger partial charge in [0, 0.05) is 71.9 Å². The van der Waals surface area contributed by atoms with Crippen molar-refractivity contribution in [3.8, 4) is 0 Å². The number of nitrogens with zero attached hydrogens (tertiary/aromatic N) is 4. The molecule has 0 radical (unpaired) electrons. The van der Waals surface area contributed by atoms with Crippen molar-refractivity contribution < 1.29 is 4.79 Å². The summed E-state index contributed by atoms with van der Waals surface area (Å²) in [6.45, 7) is 2.77. The van der Waals surface area contributed by atoms with Crippen LogP contribution < -0.4 is 5.73 Å². The fraction of sp³-hybridized carbons (Fsp3) is 0.409. The van der Waals surface area contributed by atoms with Gasteiger partial charge in [0.1, 0.15) is 12.1 Å². The highest BCUT2D eigenvalue weighted by Crippen LogP contribution is 2.33. The van der Waals surface area contributed by atoms with Crippen LogP contribution in [-0.4, -0.2) is 51.9 Å². The molecule has 0 saturated heterocycles. The average molecular weight is 412 g/mol. The number of hydrogen-bond acceptors (Lipinski definition) is 5. The molecule has 0 saturated carbocycles. The molecular weight excluding hydrogens is 386 g/mol. The second-order valence-electron chi connectivity index (χ2n) is 7.78. The van der Waals surface area contributed by atoms with Crippen LogP contribution in [0.3, 0.4) is 0 Å². The van der Waals surface area contributed by atoms with Crippen LogP contribution in [0.25, 0.3) is 10.9 Å². The molecule has 29 heavy (non-hydrogen) atoms. The second kappa shape index (κ2) is 8.61. The van der Waals surface area contributed by atoms with Gasteiger partial charge in [0.05, 0.1) is 6.54 Å². The first-order chi connectivity index (χ1) is 14.1. The molecule has 0 amide bonds. The highest BCUT2D eigenvalue weighted by atomic mass is 35.5. The van der Waals surface area contributed by atoms with E-state index in [-0.39, 0.29) is 18.2 Å². The van der Waals surface area contributed by atoms with Gasteiger partial charge in [-0.2, -0.15) is 0 Å². The number of fused-ring (bicyclic) bond motifs is 3. The lowest BCUT2D eigenvalue weighted by Crippen LogP contribution is -2.22. The Morgan fingerprint density at radius 1 is 1.28 bits per heavy atom. The van der Waals surface area contributed by atoms with Crippen molar-refractivity contribution in [3.63, 3.8) is 0 Å². The number of rotatable bonds is 6. The average Bonchev–Trinajstić information content (AvgIpc) is 2.87. The van der Waals surface area contributed by atoms with Crippen molar-refractivity contribution in [2.75, 3.05) is 26.7 Å². The van der Waals surface area contributed by atoms with Gasteiger partial charge >= 0.3 is 0 Å². The molecule has 2 N–H and O–H groups in total. The molecular formula is C22H26ClN5O. The molecule has 1 aromatic carbocycles. The van der Waals surface area contributed by atoms with E-state index in [0.717, 1.165) is 36.6 Å². The molecule has 0 fully saturated rings. The van der Waals surface area contributed by atoms with E-state index >= 15 is 0 Å². The lowest BCUT2D eigenvalue weighted by atomic mass is 9.97. The van der Waals surface area contributed by atoms with Gasteiger partial charge in [-0.15, -0.1) is 0 Å². The number of halogens is 1. The number of benzene rings is 1. The first-order valence-electron chi connectivity index (χ1n) is 10.0. The summed E-state index contributed by atoms with van der Waals surface area (Å²) >= 11 is 6.33. The third-order valence-electron chi connectivity index (χ3n) is 5.85. The van der Waals surface area contributed by atoms with Gasteiger partial charge in [0.2, 0.25) is 0 Å². The summed E-state index contributed by atoms with van der Waals surface area (Å²) in [5, 5.41) is 1.97. The van der Waals surface area contributed by atoms with E-state index in [2.05, 4.69) is 38.6 Å². The Morgan fingerprint density at radius 3 is 2.86 bits per heavy atom. The molecule has 2 aromatic heterocycles. The monoisotopic (exact) mass is 411 g/mol. The fourth-order valence-electron chi connectivity index (χ4n) is 4.32. The third-order valence-corrected chi connectivity index (χ3v) is 6.09. The van der Waals surface area contributed by atoms with Crippen LogP contribution in [0.4, 0.5) is 0 Å². The van der Waals surface area contributed by atoms with Crippen LogP contribution in [0.5, 0.6) is 0 Å². The lowest BCUT2D eigenvalue weighted by Gasteiger charge is -2.20. The lowest BCUT2D eigenvalue weighted by molar-refractivity contribution is -0.118. The minimum atomic E-state index is -0.0505. The van der Waals surface area contributed by atoms with E-state index in [1.165, 1.54) is 28.5 Å². The molecule has 0 spiro atoms. The van der Waals surface area contributed by atoms with Crippen LogP contribution in [0, 0.1) is 0 Å². The molecule has 1 aliphatic heterocycles. The van der Waals surface area contributed by atoms with E-state index < -0.39 is 0 Å². The first kappa shape index (κ1) is 20.0. The summed E-state index contributed by atoms with van der Waals surface area (Å²) in [5.41, 5.74) is 10.4. The molecule has 1 unspecified atom stereocenters. The Hall–Kier alpha value is -2.28. The molecule has 1 atom stereocenters. The maximum atomic E-state index is 12.2. The number of Topliss-reactive ketones (excluding diaryl/α,β-unsaturated/α-hetero) is 1. The number of hydrogen-bond donors (Lipinski definition) is 1. The standard InChI is InChI=1S/C22H26ClN5O/c1-27-8-5-18-19-11-16(23)2-3-21(19)28(22(18)6-9-27)13-15(10-17(29)12-24)20-4-7-25-14-26-20/h2-4,7,11,14-15H,5-6,8-10,12-13,24H2,1H3. The maximum absolute atomic E-state index is 12.2. The maximum Gasteiger partial charge on any atom is 0.147 e. The Kier molecular flexibility index (Phi) is 5.94. The van der Waals surface area contributed by atoms with Gasteiger partial charge in [0.15, 0.2) is 0 Å². The summed E-state index contributed by atoms with van der Waals surface area (Å²) < 4.78 is 2.37. The molecule has 4 rings (SSSR count). The largest absolute Gasteiger partial charge is 0.344 e. The van der Waals surface area contributed by atoms with Crippen LogP contribution in [0.2, 0.25) is 5.02 Å². The topological polar surface area (TPSA) is 77.0 Å². The van der Waals surface area contributed by atoms with Crippen molar-refractivity contribution in [1.29, 1.82) is 0 Å². The van der Waals surface area contributed by atoms with Crippen molar-refractivity contribution in [2.45, 2.75) is 31.7 Å². The van der Waals surface area contributed by atoms with E-state index in [1.807, 2.05) is 12.1 Å². The molecule has 3 heterocycles. The fourth-order valence-corrected chi connectivity index (χ4v) is 4.49. The predicted octanol–water partition coefficient (Wildman–Crippen LogP) is 2.82. The van der Waals surface area contributed by atoms with Crippen LogP contribution in [0.15, 0.2) is 36.8 Å². The molecule has 7 heteroatoms. The van der Waals surface area contributed by atoms with E-state index in [0.29, 0.717) is 13.0 Å². The van der Waals surface area contributed by atoms with E-state index in [1.54, 1.807) is 6.20 Å². The van der Waals surface area contributed by atoms with Gasteiger partial charge in [-0.05, 0) is 43.3 Å². The molecule has 0 bridgehead atoms.